The van der Waals surface area contributed by atoms with Gasteiger partial charge < -0.3 is 15.0 Å². The van der Waals surface area contributed by atoms with Crippen molar-refractivity contribution in [2.75, 3.05) is 31.6 Å². The third kappa shape index (κ3) is 3.69. The molecule has 1 amide bonds. The maximum atomic E-state index is 12.8. The summed E-state index contributed by atoms with van der Waals surface area (Å²) in [6.07, 6.45) is 1.78. The van der Waals surface area contributed by atoms with E-state index < -0.39 is 0 Å². The zero-order valence-electron chi connectivity index (χ0n) is 13.2. The Hall–Kier alpha value is -1.69. The number of carbonyl (C=O) groups is 1. The summed E-state index contributed by atoms with van der Waals surface area (Å²) >= 11 is 0. The molecule has 116 valence electrons. The number of nitrogens with zero attached hydrogens (tertiary/aromatic N) is 3. The van der Waals surface area contributed by atoms with Crippen LogP contribution in [0.4, 0.5) is 5.69 Å². The van der Waals surface area contributed by atoms with Gasteiger partial charge in [0.05, 0.1) is 24.6 Å². The fourth-order valence-corrected chi connectivity index (χ4v) is 2.31. The Balaban J connectivity index is 2.30. The van der Waals surface area contributed by atoms with Crippen molar-refractivity contribution in [2.45, 2.75) is 39.7 Å². The highest BCUT2D eigenvalue weighted by molar-refractivity contribution is 5.97. The molecule has 1 N–H and O–H groups in total. The SMILES string of the molecule is CCNc1cnc(C(C)C)nc1C(=O)N1CCOC(C)C1. The van der Waals surface area contributed by atoms with Crippen molar-refractivity contribution >= 4 is 11.6 Å². The molecule has 1 aromatic rings. The van der Waals surface area contributed by atoms with Crippen LogP contribution < -0.4 is 5.32 Å². The predicted octanol–water partition coefficient (Wildman–Crippen LogP) is 1.89. The summed E-state index contributed by atoms with van der Waals surface area (Å²) in [5, 5.41) is 3.17. The number of ether oxygens (including phenoxy) is 1. The molecule has 2 rings (SSSR count). The summed E-state index contributed by atoms with van der Waals surface area (Å²) in [6, 6.07) is 0. The quantitative estimate of drug-likeness (QED) is 0.918. The van der Waals surface area contributed by atoms with Gasteiger partial charge in [0, 0.05) is 25.6 Å². The van der Waals surface area contributed by atoms with Gasteiger partial charge in [0.25, 0.3) is 5.91 Å². The molecule has 1 aliphatic heterocycles. The molecule has 0 aliphatic carbocycles. The molecule has 0 spiro atoms. The van der Waals surface area contributed by atoms with Crippen LogP contribution in [0.15, 0.2) is 6.20 Å². The van der Waals surface area contributed by atoms with Gasteiger partial charge in [-0.2, -0.15) is 0 Å². The fourth-order valence-electron chi connectivity index (χ4n) is 2.31. The van der Waals surface area contributed by atoms with E-state index in [1.807, 2.05) is 27.7 Å². The maximum absolute atomic E-state index is 12.8. The summed E-state index contributed by atoms with van der Waals surface area (Å²) < 4.78 is 5.49. The molecule has 0 saturated carbocycles. The van der Waals surface area contributed by atoms with Crippen molar-refractivity contribution in [3.63, 3.8) is 0 Å². The Labute approximate surface area is 125 Å². The zero-order valence-corrected chi connectivity index (χ0v) is 13.2. The van der Waals surface area contributed by atoms with Crippen LogP contribution in [-0.4, -0.2) is 53.1 Å². The monoisotopic (exact) mass is 292 g/mol. The van der Waals surface area contributed by atoms with Crippen molar-refractivity contribution in [3.05, 3.63) is 17.7 Å². The Morgan fingerprint density at radius 1 is 1.57 bits per heavy atom. The van der Waals surface area contributed by atoms with Gasteiger partial charge in [-0.1, -0.05) is 13.8 Å². The number of aromatic nitrogens is 2. The van der Waals surface area contributed by atoms with Gasteiger partial charge in [-0.25, -0.2) is 9.97 Å². The minimum atomic E-state index is -0.0506. The lowest BCUT2D eigenvalue weighted by atomic mass is 10.2. The highest BCUT2D eigenvalue weighted by atomic mass is 16.5. The molecular weight excluding hydrogens is 268 g/mol. The van der Waals surface area contributed by atoms with E-state index in [1.54, 1.807) is 11.1 Å². The number of hydrogen-bond donors (Lipinski definition) is 1. The number of morpholine rings is 1. The van der Waals surface area contributed by atoms with Crippen LogP contribution in [0.2, 0.25) is 0 Å². The Bertz CT molecular complexity index is 504. The fraction of sp³-hybridized carbons (Fsp3) is 0.667. The number of carbonyl (C=O) groups excluding carboxylic acids is 1. The molecule has 1 aliphatic rings. The third-order valence-corrected chi connectivity index (χ3v) is 3.42. The highest BCUT2D eigenvalue weighted by Crippen LogP contribution is 2.19. The largest absolute Gasteiger partial charge is 0.382 e. The molecule has 1 saturated heterocycles. The summed E-state index contributed by atoms with van der Waals surface area (Å²) in [5.41, 5.74) is 1.16. The molecule has 6 heteroatoms. The third-order valence-electron chi connectivity index (χ3n) is 3.42. The highest BCUT2D eigenvalue weighted by Gasteiger charge is 2.26. The predicted molar refractivity (Wildman–Crippen MR) is 81.6 cm³/mol. The summed E-state index contributed by atoms with van der Waals surface area (Å²) in [6.45, 7) is 10.5. The lowest BCUT2D eigenvalue weighted by Crippen LogP contribution is -2.45. The van der Waals surface area contributed by atoms with Gasteiger partial charge in [-0.05, 0) is 13.8 Å². The average molecular weight is 292 g/mol. The van der Waals surface area contributed by atoms with Crippen LogP contribution in [0.1, 0.15) is 49.9 Å². The van der Waals surface area contributed by atoms with Gasteiger partial charge in [-0.15, -0.1) is 0 Å². The van der Waals surface area contributed by atoms with Gasteiger partial charge in [0.1, 0.15) is 5.82 Å². The Morgan fingerprint density at radius 2 is 2.33 bits per heavy atom. The topological polar surface area (TPSA) is 67.4 Å². The van der Waals surface area contributed by atoms with Crippen LogP contribution in [0.25, 0.3) is 0 Å². The van der Waals surface area contributed by atoms with Crippen LogP contribution in [0, 0.1) is 0 Å². The molecule has 1 fully saturated rings. The van der Waals surface area contributed by atoms with Crippen molar-refractivity contribution in [2.24, 2.45) is 0 Å². The van der Waals surface area contributed by atoms with E-state index in [1.165, 1.54) is 0 Å². The van der Waals surface area contributed by atoms with Gasteiger partial charge in [-0.3, -0.25) is 4.79 Å². The van der Waals surface area contributed by atoms with Crippen molar-refractivity contribution in [1.82, 2.24) is 14.9 Å². The van der Waals surface area contributed by atoms with E-state index in [0.717, 1.165) is 6.54 Å². The summed E-state index contributed by atoms with van der Waals surface area (Å²) in [7, 11) is 0. The number of amides is 1. The van der Waals surface area contributed by atoms with E-state index in [2.05, 4.69) is 15.3 Å². The molecule has 1 aromatic heterocycles. The first-order valence-corrected chi connectivity index (χ1v) is 7.54. The lowest BCUT2D eigenvalue weighted by Gasteiger charge is -2.31. The second-order valence-electron chi connectivity index (χ2n) is 5.61. The first kappa shape index (κ1) is 15.7. The molecule has 1 atom stereocenters. The van der Waals surface area contributed by atoms with Crippen LogP contribution >= 0.6 is 0 Å². The zero-order chi connectivity index (χ0) is 15.4. The van der Waals surface area contributed by atoms with E-state index in [9.17, 15) is 4.79 Å². The second kappa shape index (κ2) is 6.85. The van der Waals surface area contributed by atoms with Crippen molar-refractivity contribution in [1.29, 1.82) is 0 Å². The van der Waals surface area contributed by atoms with E-state index in [4.69, 9.17) is 4.74 Å². The Kier molecular flexibility index (Phi) is 5.12. The minimum Gasteiger partial charge on any atom is -0.382 e. The summed E-state index contributed by atoms with van der Waals surface area (Å²) in [4.78, 5) is 23.4. The second-order valence-corrected chi connectivity index (χ2v) is 5.61. The first-order chi connectivity index (χ1) is 10.0. The standard InChI is InChI=1S/C15H24N4O2/c1-5-16-12-8-17-14(10(2)3)18-13(12)15(20)19-6-7-21-11(4)9-19/h8,10-11,16H,5-7,9H2,1-4H3. The maximum Gasteiger partial charge on any atom is 0.274 e. The summed E-state index contributed by atoms with van der Waals surface area (Å²) in [5.74, 6) is 0.836. The normalized spacial score (nSPS) is 18.9. The number of rotatable bonds is 4. The molecule has 1 unspecified atom stereocenters. The van der Waals surface area contributed by atoms with Gasteiger partial charge >= 0.3 is 0 Å². The number of nitrogens with one attached hydrogen (secondary N) is 1. The minimum absolute atomic E-state index is 0.0506. The van der Waals surface area contributed by atoms with Crippen LogP contribution in [-0.2, 0) is 4.74 Å². The van der Waals surface area contributed by atoms with Crippen LogP contribution in [0.5, 0.6) is 0 Å². The molecule has 0 radical (unpaired) electrons. The van der Waals surface area contributed by atoms with Gasteiger partial charge in [0.2, 0.25) is 0 Å². The first-order valence-electron chi connectivity index (χ1n) is 7.54. The number of hydrogen-bond acceptors (Lipinski definition) is 5. The van der Waals surface area contributed by atoms with Gasteiger partial charge in [0.15, 0.2) is 5.69 Å². The van der Waals surface area contributed by atoms with E-state index >= 15 is 0 Å². The van der Waals surface area contributed by atoms with Crippen LogP contribution in [0.3, 0.4) is 0 Å². The molecule has 6 nitrogen and oxygen atoms in total. The molecular formula is C15H24N4O2. The molecule has 0 aromatic carbocycles. The lowest BCUT2D eigenvalue weighted by molar-refractivity contribution is -0.0126. The van der Waals surface area contributed by atoms with Crippen molar-refractivity contribution < 1.29 is 9.53 Å². The average Bonchev–Trinajstić information content (AvgIpc) is 2.47. The Morgan fingerprint density at radius 3 is 2.95 bits per heavy atom. The molecule has 21 heavy (non-hydrogen) atoms. The molecule has 0 bridgehead atoms. The molecule has 2 heterocycles. The van der Waals surface area contributed by atoms with Crippen molar-refractivity contribution in [3.8, 4) is 0 Å². The number of anilines is 1. The van der Waals surface area contributed by atoms with E-state index in [0.29, 0.717) is 36.9 Å². The smallest absolute Gasteiger partial charge is 0.274 e. The van der Waals surface area contributed by atoms with E-state index in [-0.39, 0.29) is 17.9 Å².